The Bertz CT molecular complexity index is 1120. The molecule has 0 spiro atoms. The molecule has 0 saturated heterocycles. The van der Waals surface area contributed by atoms with Gasteiger partial charge < -0.3 is 14.2 Å². The van der Waals surface area contributed by atoms with Gasteiger partial charge in [-0.25, -0.2) is 4.79 Å². The molecule has 0 radical (unpaired) electrons. The molecule has 0 saturated carbocycles. The van der Waals surface area contributed by atoms with Crippen molar-refractivity contribution in [2.75, 3.05) is 14.2 Å². The van der Waals surface area contributed by atoms with Crippen molar-refractivity contribution in [3.8, 4) is 17.2 Å². The Morgan fingerprint density at radius 1 is 0.750 bits per heavy atom. The summed E-state index contributed by atoms with van der Waals surface area (Å²) in [6.07, 6.45) is 0. The first-order valence-electron chi connectivity index (χ1n) is 8.87. The molecule has 0 bridgehead atoms. The van der Waals surface area contributed by atoms with Crippen LogP contribution in [0.25, 0.3) is 21.8 Å². The number of esters is 1. The number of aryl methyl sites for hydroxylation is 1. The first kappa shape index (κ1) is 17.8. The van der Waals surface area contributed by atoms with Crippen LogP contribution in [0, 0.1) is 0 Å². The van der Waals surface area contributed by atoms with Crippen molar-refractivity contribution < 1.29 is 23.6 Å². The molecule has 1 aromatic heterocycles. The molecule has 4 aromatic rings. The Labute approximate surface area is 162 Å². The fraction of sp³-hybridized carbons (Fsp3) is 0.130. The molecule has 140 valence electrons. The van der Waals surface area contributed by atoms with Crippen LogP contribution in [0.5, 0.6) is 17.2 Å². The van der Waals surface area contributed by atoms with Gasteiger partial charge in [-0.2, -0.15) is 4.57 Å². The van der Waals surface area contributed by atoms with Gasteiger partial charge in [-0.1, -0.05) is 18.2 Å². The Balaban J connectivity index is 2.03. The summed E-state index contributed by atoms with van der Waals surface area (Å²) in [5.74, 6) is 1.41. The van der Waals surface area contributed by atoms with Gasteiger partial charge >= 0.3 is 5.97 Å². The number of pyridine rings is 1. The summed E-state index contributed by atoms with van der Waals surface area (Å²) >= 11 is 0. The van der Waals surface area contributed by atoms with E-state index in [1.54, 1.807) is 26.4 Å². The maximum atomic E-state index is 13.2. The van der Waals surface area contributed by atoms with E-state index >= 15 is 0 Å². The van der Waals surface area contributed by atoms with Gasteiger partial charge in [-0.3, -0.25) is 0 Å². The summed E-state index contributed by atoms with van der Waals surface area (Å²) in [5, 5.41) is 1.51. The van der Waals surface area contributed by atoms with Crippen molar-refractivity contribution in [1.82, 2.24) is 0 Å². The molecule has 0 unspecified atom stereocenters. The number of carbonyl (C=O) groups excluding carboxylic acids is 1. The zero-order valence-corrected chi connectivity index (χ0v) is 15.9. The van der Waals surface area contributed by atoms with Gasteiger partial charge in [0.1, 0.15) is 24.3 Å². The van der Waals surface area contributed by atoms with Crippen LogP contribution >= 0.6 is 0 Å². The minimum Gasteiger partial charge on any atom is -0.497 e. The topological polar surface area (TPSA) is 48.6 Å². The molecule has 5 heteroatoms. The maximum absolute atomic E-state index is 13.2. The smallest absolute Gasteiger partial charge is 0.345 e. The van der Waals surface area contributed by atoms with Gasteiger partial charge in [-0.05, 0) is 36.4 Å². The standard InChI is InChI=1S/C23H20NO4/c1-24-20-11-9-16(26-2)13-18(20)22(19-14-17(27-3)10-12-21(19)24)23(25)28-15-7-5-4-6-8-15/h4-14H,1-3H3/q+1. The van der Waals surface area contributed by atoms with E-state index in [1.807, 2.05) is 66.2 Å². The summed E-state index contributed by atoms with van der Waals surface area (Å²) in [4.78, 5) is 13.2. The second-order valence-electron chi connectivity index (χ2n) is 6.40. The fourth-order valence-corrected chi connectivity index (χ4v) is 3.41. The lowest BCUT2D eigenvalue weighted by atomic mass is 10.0. The highest BCUT2D eigenvalue weighted by Gasteiger charge is 2.25. The molecule has 0 atom stereocenters. The lowest BCUT2D eigenvalue weighted by Gasteiger charge is -2.12. The molecule has 0 N–H and O–H groups in total. The van der Waals surface area contributed by atoms with Crippen molar-refractivity contribution in [2.45, 2.75) is 0 Å². The largest absolute Gasteiger partial charge is 0.497 e. The van der Waals surface area contributed by atoms with Gasteiger partial charge in [0.2, 0.25) is 11.0 Å². The summed E-state index contributed by atoms with van der Waals surface area (Å²) in [6, 6.07) is 20.4. The van der Waals surface area contributed by atoms with Crippen LogP contribution in [0.4, 0.5) is 0 Å². The van der Waals surface area contributed by atoms with Gasteiger partial charge in [0.25, 0.3) is 0 Å². The SMILES string of the molecule is COc1ccc2c(c1)c(C(=O)Oc1ccccc1)c1cc(OC)ccc1[n+]2C. The average molecular weight is 374 g/mol. The number of benzene rings is 3. The molecule has 0 aliphatic heterocycles. The molecule has 5 nitrogen and oxygen atoms in total. The van der Waals surface area contributed by atoms with Crippen molar-refractivity contribution in [3.05, 3.63) is 72.3 Å². The number of fused-ring (bicyclic) bond motifs is 2. The zero-order valence-electron chi connectivity index (χ0n) is 15.9. The number of ether oxygens (including phenoxy) is 3. The molecule has 28 heavy (non-hydrogen) atoms. The summed E-state index contributed by atoms with van der Waals surface area (Å²) in [6.45, 7) is 0. The number of para-hydroxylation sites is 1. The molecule has 0 aliphatic carbocycles. The molecule has 0 amide bonds. The highest BCUT2D eigenvalue weighted by molar-refractivity contribution is 6.13. The number of methoxy groups -OCH3 is 2. The highest BCUT2D eigenvalue weighted by Crippen LogP contribution is 2.31. The van der Waals surface area contributed by atoms with Crippen LogP contribution in [-0.4, -0.2) is 20.2 Å². The number of hydrogen-bond acceptors (Lipinski definition) is 4. The Morgan fingerprint density at radius 3 is 1.79 bits per heavy atom. The Hall–Kier alpha value is -3.60. The van der Waals surface area contributed by atoms with E-state index in [0.717, 1.165) is 21.8 Å². The third-order valence-electron chi connectivity index (χ3n) is 4.83. The van der Waals surface area contributed by atoms with Crippen molar-refractivity contribution >= 4 is 27.8 Å². The third kappa shape index (κ3) is 3.01. The molecular formula is C23H20NO4+. The van der Waals surface area contributed by atoms with Crippen LogP contribution in [0.1, 0.15) is 10.4 Å². The quantitative estimate of drug-likeness (QED) is 0.234. The second-order valence-corrected chi connectivity index (χ2v) is 6.40. The fourth-order valence-electron chi connectivity index (χ4n) is 3.41. The monoisotopic (exact) mass is 374 g/mol. The normalized spacial score (nSPS) is 10.8. The van der Waals surface area contributed by atoms with E-state index in [0.29, 0.717) is 22.8 Å². The van der Waals surface area contributed by atoms with Gasteiger partial charge in [0, 0.05) is 12.1 Å². The van der Waals surface area contributed by atoms with Crippen LogP contribution in [-0.2, 0) is 7.05 Å². The highest BCUT2D eigenvalue weighted by atomic mass is 16.5. The molecule has 1 heterocycles. The predicted octanol–water partition coefficient (Wildman–Crippen LogP) is 4.05. The van der Waals surface area contributed by atoms with Crippen LogP contribution < -0.4 is 18.8 Å². The summed E-state index contributed by atoms with van der Waals surface area (Å²) in [5.41, 5.74) is 2.28. The van der Waals surface area contributed by atoms with Gasteiger partial charge in [0.15, 0.2) is 0 Å². The van der Waals surface area contributed by atoms with E-state index < -0.39 is 5.97 Å². The third-order valence-corrected chi connectivity index (χ3v) is 4.83. The van der Waals surface area contributed by atoms with E-state index in [4.69, 9.17) is 14.2 Å². The molecule has 4 rings (SSSR count). The van der Waals surface area contributed by atoms with E-state index in [2.05, 4.69) is 0 Å². The van der Waals surface area contributed by atoms with Crippen LogP contribution in [0.3, 0.4) is 0 Å². The molecule has 3 aromatic carbocycles. The number of aromatic nitrogens is 1. The lowest BCUT2D eigenvalue weighted by Crippen LogP contribution is -2.31. The molecular weight excluding hydrogens is 354 g/mol. The summed E-state index contributed by atoms with van der Waals surface area (Å²) < 4.78 is 18.5. The van der Waals surface area contributed by atoms with Crippen LogP contribution in [0.2, 0.25) is 0 Å². The Morgan fingerprint density at radius 2 is 1.29 bits per heavy atom. The van der Waals surface area contributed by atoms with Gasteiger partial charge in [0.05, 0.1) is 30.6 Å². The number of rotatable bonds is 4. The minimum atomic E-state index is -0.427. The second kappa shape index (κ2) is 7.19. The predicted molar refractivity (Wildman–Crippen MR) is 107 cm³/mol. The minimum absolute atomic E-state index is 0.427. The van der Waals surface area contributed by atoms with E-state index in [-0.39, 0.29) is 0 Å². The van der Waals surface area contributed by atoms with Crippen LogP contribution in [0.15, 0.2) is 66.7 Å². The number of carbonyl (C=O) groups is 1. The Kier molecular flexibility index (Phi) is 4.57. The molecule has 0 fully saturated rings. The summed E-state index contributed by atoms with van der Waals surface area (Å²) in [7, 11) is 5.18. The maximum Gasteiger partial charge on any atom is 0.345 e. The molecule has 0 aliphatic rings. The van der Waals surface area contributed by atoms with Crippen molar-refractivity contribution in [1.29, 1.82) is 0 Å². The average Bonchev–Trinajstić information content (AvgIpc) is 2.73. The van der Waals surface area contributed by atoms with Crippen molar-refractivity contribution in [2.24, 2.45) is 7.05 Å². The first-order chi connectivity index (χ1) is 13.6. The van der Waals surface area contributed by atoms with E-state index in [1.165, 1.54) is 0 Å². The number of hydrogen-bond donors (Lipinski definition) is 0. The van der Waals surface area contributed by atoms with E-state index in [9.17, 15) is 4.79 Å². The first-order valence-corrected chi connectivity index (χ1v) is 8.87. The van der Waals surface area contributed by atoms with Crippen molar-refractivity contribution in [3.63, 3.8) is 0 Å². The number of nitrogens with zero attached hydrogens (tertiary/aromatic N) is 1. The zero-order chi connectivity index (χ0) is 19.7. The lowest BCUT2D eigenvalue weighted by molar-refractivity contribution is -0.617. The van der Waals surface area contributed by atoms with Gasteiger partial charge in [-0.15, -0.1) is 0 Å².